The molecule has 2 aromatic rings. The van der Waals surface area contributed by atoms with Gasteiger partial charge in [-0.15, -0.1) is 11.3 Å². The van der Waals surface area contributed by atoms with Crippen LogP contribution in [0.2, 0.25) is 0 Å². The van der Waals surface area contributed by atoms with E-state index < -0.39 is 0 Å². The van der Waals surface area contributed by atoms with Crippen molar-refractivity contribution in [3.63, 3.8) is 0 Å². The van der Waals surface area contributed by atoms with Crippen molar-refractivity contribution >= 4 is 38.9 Å². The lowest BCUT2D eigenvalue weighted by Crippen LogP contribution is -2.12. The number of carbonyl (C=O) groups is 1. The average Bonchev–Trinajstić information content (AvgIpc) is 2.68. The summed E-state index contributed by atoms with van der Waals surface area (Å²) in [5.41, 5.74) is 1.07. The first-order valence-electron chi connectivity index (χ1n) is 4.51. The molecule has 0 bridgehead atoms. The first-order chi connectivity index (χ1) is 7.66. The largest absolute Gasteiger partial charge is 0.318 e. The van der Waals surface area contributed by atoms with Crippen LogP contribution in [0.25, 0.3) is 0 Å². The highest BCUT2D eigenvalue weighted by Crippen LogP contribution is 2.19. The van der Waals surface area contributed by atoms with Gasteiger partial charge < -0.3 is 5.32 Å². The lowest BCUT2D eigenvalue weighted by molar-refractivity contribution is 0.102. The van der Waals surface area contributed by atoms with E-state index in [1.807, 2.05) is 6.92 Å². The van der Waals surface area contributed by atoms with Crippen molar-refractivity contribution in [3.05, 3.63) is 39.0 Å². The summed E-state index contributed by atoms with van der Waals surface area (Å²) in [5.74, 6) is -0.224. The van der Waals surface area contributed by atoms with Gasteiger partial charge in [-0.25, -0.2) is 9.97 Å². The summed E-state index contributed by atoms with van der Waals surface area (Å²) < 4.78 is 0.607. The summed E-state index contributed by atoms with van der Waals surface area (Å²) in [6.45, 7) is 1.86. The number of aryl methyl sites for hydroxylation is 1. The number of aromatic nitrogens is 2. The molecule has 0 saturated heterocycles. The van der Waals surface area contributed by atoms with E-state index in [0.717, 1.165) is 5.01 Å². The van der Waals surface area contributed by atoms with Crippen LogP contribution in [0, 0.1) is 6.92 Å². The van der Waals surface area contributed by atoms with E-state index in [2.05, 4.69) is 31.2 Å². The molecule has 0 aliphatic heterocycles. The van der Waals surface area contributed by atoms with E-state index in [-0.39, 0.29) is 5.91 Å². The van der Waals surface area contributed by atoms with Crippen molar-refractivity contribution in [1.82, 2.24) is 9.97 Å². The zero-order chi connectivity index (χ0) is 11.5. The summed E-state index contributed by atoms with van der Waals surface area (Å²) in [7, 11) is 0. The van der Waals surface area contributed by atoms with Crippen molar-refractivity contribution in [3.8, 4) is 0 Å². The van der Waals surface area contributed by atoms with E-state index in [1.54, 1.807) is 23.7 Å². The number of anilines is 1. The minimum atomic E-state index is -0.224. The van der Waals surface area contributed by atoms with Crippen molar-refractivity contribution in [2.24, 2.45) is 0 Å². The van der Waals surface area contributed by atoms with Gasteiger partial charge in [0.25, 0.3) is 5.91 Å². The molecule has 2 heterocycles. The first kappa shape index (κ1) is 11.2. The Labute approximate surface area is 105 Å². The third-order valence-electron chi connectivity index (χ3n) is 1.86. The number of rotatable bonds is 2. The molecule has 0 fully saturated rings. The van der Waals surface area contributed by atoms with Crippen molar-refractivity contribution < 1.29 is 4.79 Å². The van der Waals surface area contributed by atoms with Crippen LogP contribution in [-0.2, 0) is 0 Å². The van der Waals surface area contributed by atoms with Gasteiger partial charge in [-0.3, -0.25) is 4.79 Å². The third-order valence-corrected chi connectivity index (χ3v) is 3.26. The summed E-state index contributed by atoms with van der Waals surface area (Å²) in [6.07, 6.45) is 1.65. The predicted octanol–water partition coefficient (Wildman–Crippen LogP) is 2.86. The predicted molar refractivity (Wildman–Crippen MR) is 66.7 cm³/mol. The molecule has 6 heteroatoms. The second-order valence-corrected chi connectivity index (χ2v) is 4.86. The minimum Gasteiger partial charge on any atom is -0.318 e. The molecular weight excluding hydrogens is 290 g/mol. The quantitative estimate of drug-likeness (QED) is 0.867. The van der Waals surface area contributed by atoms with Gasteiger partial charge in [0.15, 0.2) is 0 Å². The van der Waals surface area contributed by atoms with Gasteiger partial charge in [0, 0.05) is 11.6 Å². The third kappa shape index (κ3) is 2.45. The Kier molecular flexibility index (Phi) is 3.31. The van der Waals surface area contributed by atoms with E-state index in [1.165, 1.54) is 11.3 Å². The molecule has 0 atom stereocenters. The molecule has 16 heavy (non-hydrogen) atoms. The van der Waals surface area contributed by atoms with Crippen LogP contribution in [-0.4, -0.2) is 15.9 Å². The maximum absolute atomic E-state index is 11.8. The first-order valence-corrected chi connectivity index (χ1v) is 6.18. The van der Waals surface area contributed by atoms with Crippen molar-refractivity contribution in [2.75, 3.05) is 5.32 Å². The summed E-state index contributed by atoms with van der Waals surface area (Å²) >= 11 is 4.71. The minimum absolute atomic E-state index is 0.224. The van der Waals surface area contributed by atoms with Crippen molar-refractivity contribution in [2.45, 2.75) is 6.92 Å². The van der Waals surface area contributed by atoms with E-state index >= 15 is 0 Å². The summed E-state index contributed by atoms with van der Waals surface area (Å²) in [6, 6.07) is 3.53. The van der Waals surface area contributed by atoms with Crippen LogP contribution < -0.4 is 5.32 Å². The molecule has 0 aromatic carbocycles. The molecule has 0 saturated carbocycles. The number of pyridine rings is 1. The van der Waals surface area contributed by atoms with Gasteiger partial charge in [0.1, 0.15) is 10.3 Å². The van der Waals surface area contributed by atoms with Gasteiger partial charge in [0.05, 0.1) is 10.7 Å². The zero-order valence-electron chi connectivity index (χ0n) is 8.40. The Morgan fingerprint density at radius 1 is 1.56 bits per heavy atom. The van der Waals surface area contributed by atoms with Gasteiger partial charge >= 0.3 is 0 Å². The molecule has 2 aromatic heterocycles. The molecule has 2 rings (SSSR count). The van der Waals surface area contributed by atoms with Crippen molar-refractivity contribution in [1.29, 1.82) is 0 Å². The van der Waals surface area contributed by atoms with Crippen LogP contribution in [0.1, 0.15) is 15.5 Å². The lowest BCUT2D eigenvalue weighted by Gasteiger charge is -2.03. The normalized spacial score (nSPS) is 10.1. The highest BCUT2D eigenvalue weighted by molar-refractivity contribution is 9.10. The van der Waals surface area contributed by atoms with Crippen LogP contribution in [0.15, 0.2) is 28.3 Å². The number of nitrogens with zero attached hydrogens (tertiary/aromatic N) is 2. The number of thiazole rings is 1. The zero-order valence-corrected chi connectivity index (χ0v) is 10.8. The highest BCUT2D eigenvalue weighted by Gasteiger charge is 2.11. The molecule has 82 valence electrons. The lowest BCUT2D eigenvalue weighted by atomic mass is 10.4. The number of halogens is 1. The molecule has 4 nitrogen and oxygen atoms in total. The molecule has 0 spiro atoms. The molecule has 1 N–H and O–H groups in total. The standard InChI is InChI=1S/C10H8BrN3OS/c1-6-13-8(5-16-6)10(15)14-7-3-2-4-12-9(7)11/h2-5H,1H3,(H,14,15). The molecule has 0 aliphatic rings. The van der Waals surface area contributed by atoms with E-state index in [0.29, 0.717) is 16.0 Å². The molecule has 0 unspecified atom stereocenters. The number of hydrogen-bond donors (Lipinski definition) is 1. The number of carbonyl (C=O) groups excluding carboxylic acids is 1. The van der Waals surface area contributed by atoms with Crippen LogP contribution >= 0.6 is 27.3 Å². The van der Waals surface area contributed by atoms with Gasteiger partial charge in [-0.1, -0.05) is 0 Å². The smallest absolute Gasteiger partial charge is 0.275 e. The maximum atomic E-state index is 11.8. The SMILES string of the molecule is Cc1nc(C(=O)Nc2cccnc2Br)cs1. The number of hydrogen-bond acceptors (Lipinski definition) is 4. The summed E-state index contributed by atoms with van der Waals surface area (Å²) in [5, 5.41) is 5.34. The monoisotopic (exact) mass is 297 g/mol. The molecule has 0 aliphatic carbocycles. The second kappa shape index (κ2) is 4.71. The summed E-state index contributed by atoms with van der Waals surface area (Å²) in [4.78, 5) is 19.9. The Morgan fingerprint density at radius 2 is 2.38 bits per heavy atom. The van der Waals surface area contributed by atoms with Gasteiger partial charge in [-0.05, 0) is 35.0 Å². The molecular formula is C10H8BrN3OS. The Balaban J connectivity index is 2.17. The van der Waals surface area contributed by atoms with Crippen LogP contribution in [0.5, 0.6) is 0 Å². The second-order valence-electron chi connectivity index (χ2n) is 3.05. The maximum Gasteiger partial charge on any atom is 0.275 e. The van der Waals surface area contributed by atoms with Gasteiger partial charge in [-0.2, -0.15) is 0 Å². The highest BCUT2D eigenvalue weighted by atomic mass is 79.9. The Hall–Kier alpha value is -1.27. The van der Waals surface area contributed by atoms with E-state index in [9.17, 15) is 4.79 Å². The van der Waals surface area contributed by atoms with Crippen LogP contribution in [0.4, 0.5) is 5.69 Å². The number of amides is 1. The fraction of sp³-hybridized carbons (Fsp3) is 0.100. The average molecular weight is 298 g/mol. The van der Waals surface area contributed by atoms with Crippen LogP contribution in [0.3, 0.4) is 0 Å². The fourth-order valence-electron chi connectivity index (χ4n) is 1.13. The fourth-order valence-corrected chi connectivity index (χ4v) is 2.08. The number of nitrogens with one attached hydrogen (secondary N) is 1. The topological polar surface area (TPSA) is 54.9 Å². The Bertz CT molecular complexity index is 526. The Morgan fingerprint density at radius 3 is 3.00 bits per heavy atom. The van der Waals surface area contributed by atoms with Gasteiger partial charge in [0.2, 0.25) is 0 Å². The molecule has 0 radical (unpaired) electrons. The molecule has 1 amide bonds. The van der Waals surface area contributed by atoms with E-state index in [4.69, 9.17) is 0 Å².